The molecule has 0 radical (unpaired) electrons. The molecule has 1 unspecified atom stereocenters. The van der Waals surface area contributed by atoms with E-state index in [0.29, 0.717) is 24.9 Å². The highest BCUT2D eigenvalue weighted by Crippen LogP contribution is 2.57. The van der Waals surface area contributed by atoms with Crippen LogP contribution in [-0.4, -0.2) is 28.4 Å². The standard InChI is InChI=1S/C21H25NO3/c23-20(19-15-6-12-5-13(8-15)9-16(19)7-12)22-10-14-3-1-2-4-17(14)18(11-22)21(24)25/h1-4,12-13,15-16,18-19H,5-11H2,(H,24,25). The van der Waals surface area contributed by atoms with Gasteiger partial charge in [-0.1, -0.05) is 24.3 Å². The van der Waals surface area contributed by atoms with Crippen molar-refractivity contribution in [2.45, 2.75) is 44.6 Å². The highest BCUT2D eigenvalue weighted by atomic mass is 16.4. The molecule has 5 aliphatic rings. The fourth-order valence-electron chi connectivity index (χ4n) is 6.53. The highest BCUT2D eigenvalue weighted by Gasteiger charge is 2.52. The Morgan fingerprint density at radius 3 is 2.24 bits per heavy atom. The molecule has 4 fully saturated rings. The summed E-state index contributed by atoms with van der Waals surface area (Å²) in [5, 5.41) is 9.66. The first kappa shape index (κ1) is 15.4. The maximum atomic E-state index is 13.4. The number of benzene rings is 1. The van der Waals surface area contributed by atoms with E-state index in [-0.39, 0.29) is 11.8 Å². The van der Waals surface area contributed by atoms with Gasteiger partial charge in [0.15, 0.2) is 0 Å². The summed E-state index contributed by atoms with van der Waals surface area (Å²) < 4.78 is 0. The van der Waals surface area contributed by atoms with Gasteiger partial charge >= 0.3 is 5.97 Å². The molecule has 4 nitrogen and oxygen atoms in total. The molecule has 1 amide bonds. The number of carboxylic acid groups (broad SMARTS) is 1. The van der Waals surface area contributed by atoms with Gasteiger partial charge in [0.25, 0.3) is 0 Å². The Kier molecular flexibility index (Phi) is 3.44. The van der Waals surface area contributed by atoms with Gasteiger partial charge in [-0.15, -0.1) is 0 Å². The third-order valence-corrected chi connectivity index (χ3v) is 7.32. The van der Waals surface area contributed by atoms with E-state index in [4.69, 9.17) is 0 Å². The summed E-state index contributed by atoms with van der Waals surface area (Å²) in [5.41, 5.74) is 1.88. The van der Waals surface area contributed by atoms with Crippen molar-refractivity contribution in [2.24, 2.45) is 29.6 Å². The van der Waals surface area contributed by atoms with Crippen LogP contribution in [-0.2, 0) is 16.1 Å². The molecule has 1 aromatic rings. The maximum Gasteiger partial charge on any atom is 0.312 e. The summed E-state index contributed by atoms with van der Waals surface area (Å²) in [6.45, 7) is 0.898. The monoisotopic (exact) mass is 339 g/mol. The first-order valence-electron chi connectivity index (χ1n) is 9.69. The number of carbonyl (C=O) groups excluding carboxylic acids is 1. The number of carbonyl (C=O) groups is 2. The minimum Gasteiger partial charge on any atom is -0.481 e. The van der Waals surface area contributed by atoms with Crippen LogP contribution in [0, 0.1) is 29.6 Å². The molecule has 1 N–H and O–H groups in total. The second kappa shape index (κ2) is 5.58. The van der Waals surface area contributed by atoms with Gasteiger partial charge < -0.3 is 10.0 Å². The molecule has 0 saturated heterocycles. The second-order valence-electron chi connectivity index (χ2n) is 8.76. The number of aliphatic carboxylic acids is 1. The molecule has 4 saturated carbocycles. The summed E-state index contributed by atoms with van der Waals surface area (Å²) in [7, 11) is 0. The average molecular weight is 339 g/mol. The lowest BCUT2D eigenvalue weighted by Crippen LogP contribution is -2.53. The van der Waals surface area contributed by atoms with E-state index in [2.05, 4.69) is 0 Å². The molecule has 1 aromatic carbocycles. The maximum absolute atomic E-state index is 13.4. The molecule has 6 rings (SSSR count). The third-order valence-electron chi connectivity index (χ3n) is 7.32. The minimum absolute atomic E-state index is 0.146. The van der Waals surface area contributed by atoms with Gasteiger partial charge in [-0.05, 0) is 66.9 Å². The number of amides is 1. The first-order valence-corrected chi connectivity index (χ1v) is 9.69. The number of carboxylic acids is 1. The van der Waals surface area contributed by atoms with Crippen LogP contribution in [0.1, 0.15) is 49.1 Å². The molecular weight excluding hydrogens is 314 g/mol. The van der Waals surface area contributed by atoms with Gasteiger partial charge in [-0.2, -0.15) is 0 Å². The van der Waals surface area contributed by atoms with Crippen molar-refractivity contribution < 1.29 is 14.7 Å². The molecule has 4 aliphatic carbocycles. The predicted octanol–water partition coefficient (Wildman–Crippen LogP) is 3.27. The van der Waals surface area contributed by atoms with Crippen molar-refractivity contribution >= 4 is 11.9 Å². The summed E-state index contributed by atoms with van der Waals surface area (Å²) in [6, 6.07) is 7.71. The van der Waals surface area contributed by atoms with Crippen molar-refractivity contribution in [2.75, 3.05) is 6.54 Å². The zero-order valence-corrected chi connectivity index (χ0v) is 14.4. The summed E-state index contributed by atoms with van der Waals surface area (Å²) in [4.78, 5) is 27.0. The summed E-state index contributed by atoms with van der Waals surface area (Å²) in [6.07, 6.45) is 6.25. The van der Waals surface area contributed by atoms with Crippen molar-refractivity contribution in [3.8, 4) is 0 Å². The van der Waals surface area contributed by atoms with Crippen molar-refractivity contribution in [3.63, 3.8) is 0 Å². The van der Waals surface area contributed by atoms with Gasteiger partial charge in [-0.3, -0.25) is 9.59 Å². The number of hydrogen-bond donors (Lipinski definition) is 1. The molecule has 4 bridgehead atoms. The fraction of sp³-hybridized carbons (Fsp3) is 0.619. The first-order chi connectivity index (χ1) is 12.1. The van der Waals surface area contributed by atoms with Crippen LogP contribution in [0.3, 0.4) is 0 Å². The van der Waals surface area contributed by atoms with Crippen molar-refractivity contribution in [3.05, 3.63) is 35.4 Å². The number of hydrogen-bond acceptors (Lipinski definition) is 2. The summed E-state index contributed by atoms with van der Waals surface area (Å²) in [5.74, 6) is 1.75. The van der Waals surface area contributed by atoms with E-state index in [1.54, 1.807) is 0 Å². The Morgan fingerprint density at radius 2 is 1.60 bits per heavy atom. The molecular formula is C21H25NO3. The van der Waals surface area contributed by atoms with Crippen LogP contribution in [0.15, 0.2) is 24.3 Å². The van der Waals surface area contributed by atoms with Crippen LogP contribution in [0.25, 0.3) is 0 Å². The van der Waals surface area contributed by atoms with Crippen LogP contribution in [0.4, 0.5) is 0 Å². The lowest BCUT2D eigenvalue weighted by molar-refractivity contribution is -0.151. The van der Waals surface area contributed by atoms with E-state index >= 15 is 0 Å². The van der Waals surface area contributed by atoms with Crippen molar-refractivity contribution in [1.82, 2.24) is 4.90 Å². The van der Waals surface area contributed by atoms with E-state index < -0.39 is 11.9 Å². The van der Waals surface area contributed by atoms with Gasteiger partial charge in [0.05, 0.1) is 5.92 Å². The van der Waals surface area contributed by atoms with Crippen LogP contribution in [0.2, 0.25) is 0 Å². The lowest BCUT2D eigenvalue weighted by Gasteiger charge is -2.54. The Bertz CT molecular complexity index is 700. The SMILES string of the molecule is O=C(O)C1CN(C(=O)C2C3CC4CC(C3)CC2C4)Cc2ccccc21. The van der Waals surface area contributed by atoms with Gasteiger partial charge in [0.2, 0.25) is 5.91 Å². The molecule has 1 atom stereocenters. The van der Waals surface area contributed by atoms with E-state index in [9.17, 15) is 14.7 Å². The van der Waals surface area contributed by atoms with Gasteiger partial charge in [-0.25, -0.2) is 0 Å². The Hall–Kier alpha value is -1.84. The largest absolute Gasteiger partial charge is 0.481 e. The van der Waals surface area contributed by atoms with Crippen LogP contribution in [0.5, 0.6) is 0 Å². The minimum atomic E-state index is -0.824. The average Bonchev–Trinajstić information content (AvgIpc) is 2.59. The Labute approximate surface area is 148 Å². The van der Waals surface area contributed by atoms with Gasteiger partial charge in [0.1, 0.15) is 0 Å². The molecule has 1 heterocycles. The number of rotatable bonds is 2. The van der Waals surface area contributed by atoms with E-state index in [1.807, 2.05) is 29.2 Å². The predicted molar refractivity (Wildman–Crippen MR) is 92.8 cm³/mol. The van der Waals surface area contributed by atoms with Crippen LogP contribution < -0.4 is 0 Å². The van der Waals surface area contributed by atoms with Crippen molar-refractivity contribution in [1.29, 1.82) is 0 Å². The highest BCUT2D eigenvalue weighted by molar-refractivity contribution is 5.83. The lowest BCUT2D eigenvalue weighted by atomic mass is 9.51. The zero-order chi connectivity index (χ0) is 17.1. The summed E-state index contributed by atoms with van der Waals surface area (Å²) >= 11 is 0. The van der Waals surface area contributed by atoms with E-state index in [0.717, 1.165) is 23.0 Å². The van der Waals surface area contributed by atoms with E-state index in [1.165, 1.54) is 32.1 Å². The molecule has 1 aliphatic heterocycles. The number of nitrogens with zero attached hydrogens (tertiary/aromatic N) is 1. The zero-order valence-electron chi connectivity index (χ0n) is 14.4. The molecule has 25 heavy (non-hydrogen) atoms. The fourth-order valence-corrected chi connectivity index (χ4v) is 6.53. The molecule has 4 heteroatoms. The molecule has 0 aromatic heterocycles. The van der Waals surface area contributed by atoms with Gasteiger partial charge in [0, 0.05) is 19.0 Å². The molecule has 0 spiro atoms. The Balaban J connectivity index is 1.42. The smallest absolute Gasteiger partial charge is 0.312 e. The van der Waals surface area contributed by atoms with Crippen LogP contribution >= 0.6 is 0 Å². The molecule has 132 valence electrons. The third kappa shape index (κ3) is 2.41. The Morgan fingerprint density at radius 1 is 0.960 bits per heavy atom. The number of fused-ring (bicyclic) bond motifs is 1. The second-order valence-corrected chi connectivity index (χ2v) is 8.76. The quantitative estimate of drug-likeness (QED) is 0.900. The normalized spacial score (nSPS) is 38.5. The topological polar surface area (TPSA) is 57.6 Å².